The third-order valence-corrected chi connectivity index (χ3v) is 4.73. The van der Waals surface area contributed by atoms with Crippen LogP contribution < -0.4 is 5.73 Å². The number of amidine groups is 1. The van der Waals surface area contributed by atoms with Crippen LogP contribution in [0.3, 0.4) is 0 Å². The Balaban J connectivity index is 1.53. The molecule has 1 fully saturated rings. The number of likely N-dealkylation sites (tertiary alicyclic amines) is 1. The second kappa shape index (κ2) is 7.51. The lowest BCUT2D eigenvalue weighted by Gasteiger charge is -2.14. The monoisotopic (exact) mass is 355 g/mol. The molecule has 1 aromatic rings. The summed E-state index contributed by atoms with van der Waals surface area (Å²) >= 11 is 0. The van der Waals surface area contributed by atoms with Gasteiger partial charge in [-0.3, -0.25) is 14.5 Å². The molecule has 2 atom stereocenters. The van der Waals surface area contributed by atoms with Crippen LogP contribution in [0, 0.1) is 18.8 Å². The number of hydrogen-bond donors (Lipinski definition) is 1. The van der Waals surface area contributed by atoms with Crippen LogP contribution in [0.1, 0.15) is 30.4 Å². The van der Waals surface area contributed by atoms with Gasteiger partial charge < -0.3 is 10.6 Å². The minimum absolute atomic E-state index is 0.00343. The molecule has 0 bridgehead atoms. The fraction of sp³-hybridized carbons (Fsp3) is 0.368. The maximum atomic E-state index is 12.3. The Kier molecular flexibility index (Phi) is 5.16. The molecule has 0 radical (unpaired) electrons. The SMILES string of the molecule is Cc1ccc(/C(N)=N\OC(=O)CCN2C(=O)[C@H]3CC=CC[C@@H]3C2=O)cc1. The molecule has 136 valence electrons. The fourth-order valence-corrected chi connectivity index (χ4v) is 3.22. The van der Waals surface area contributed by atoms with Gasteiger partial charge in [-0.1, -0.05) is 47.1 Å². The molecule has 0 saturated carbocycles. The number of nitrogens with zero attached hydrogens (tertiary/aromatic N) is 2. The number of carbonyl (C=O) groups is 3. The molecule has 7 heteroatoms. The Labute approximate surface area is 151 Å². The Hall–Kier alpha value is -2.96. The van der Waals surface area contributed by atoms with E-state index >= 15 is 0 Å². The van der Waals surface area contributed by atoms with Gasteiger partial charge in [-0.05, 0) is 19.8 Å². The van der Waals surface area contributed by atoms with Gasteiger partial charge in [0.05, 0.1) is 18.3 Å². The molecular formula is C19H21N3O4. The van der Waals surface area contributed by atoms with Crippen LogP contribution in [0.25, 0.3) is 0 Å². The molecule has 1 aliphatic carbocycles. The van der Waals surface area contributed by atoms with Gasteiger partial charge in [0.1, 0.15) is 0 Å². The van der Waals surface area contributed by atoms with Crippen molar-refractivity contribution in [2.24, 2.45) is 22.7 Å². The zero-order valence-corrected chi connectivity index (χ0v) is 14.6. The highest BCUT2D eigenvalue weighted by molar-refractivity contribution is 6.05. The number of hydrogen-bond acceptors (Lipinski definition) is 5. The quantitative estimate of drug-likeness (QED) is 0.215. The highest BCUT2D eigenvalue weighted by Crippen LogP contribution is 2.34. The van der Waals surface area contributed by atoms with Crippen LogP contribution in [-0.2, 0) is 19.2 Å². The van der Waals surface area contributed by atoms with Crippen molar-refractivity contribution in [2.45, 2.75) is 26.2 Å². The molecule has 3 rings (SSSR count). The lowest BCUT2D eigenvalue weighted by molar-refractivity contribution is -0.145. The van der Waals surface area contributed by atoms with Gasteiger partial charge in [-0.15, -0.1) is 0 Å². The van der Waals surface area contributed by atoms with Crippen molar-refractivity contribution in [3.63, 3.8) is 0 Å². The van der Waals surface area contributed by atoms with E-state index in [-0.39, 0.29) is 42.5 Å². The minimum Gasteiger partial charge on any atom is -0.380 e. The van der Waals surface area contributed by atoms with Crippen LogP contribution in [0.4, 0.5) is 0 Å². The van der Waals surface area contributed by atoms with Crippen molar-refractivity contribution in [3.05, 3.63) is 47.5 Å². The van der Waals surface area contributed by atoms with E-state index in [0.717, 1.165) is 10.5 Å². The number of benzene rings is 1. The molecule has 0 aromatic heterocycles. The van der Waals surface area contributed by atoms with Gasteiger partial charge in [0, 0.05) is 12.1 Å². The second-order valence-corrected chi connectivity index (χ2v) is 6.54. The molecule has 2 aliphatic rings. The summed E-state index contributed by atoms with van der Waals surface area (Å²) in [6.07, 6.45) is 4.88. The molecule has 1 saturated heterocycles. The highest BCUT2D eigenvalue weighted by Gasteiger charge is 2.46. The fourth-order valence-electron chi connectivity index (χ4n) is 3.22. The zero-order valence-electron chi connectivity index (χ0n) is 14.6. The largest absolute Gasteiger partial charge is 0.380 e. The van der Waals surface area contributed by atoms with E-state index in [9.17, 15) is 14.4 Å². The van der Waals surface area contributed by atoms with Crippen LogP contribution in [0.15, 0.2) is 41.6 Å². The molecule has 1 aromatic carbocycles. The summed E-state index contributed by atoms with van der Waals surface area (Å²) in [5, 5.41) is 3.63. The summed E-state index contributed by atoms with van der Waals surface area (Å²) in [7, 11) is 0. The number of nitrogens with two attached hydrogens (primary N) is 1. The molecule has 7 nitrogen and oxygen atoms in total. The van der Waals surface area contributed by atoms with Crippen LogP contribution in [0.5, 0.6) is 0 Å². The maximum Gasteiger partial charge on any atom is 0.336 e. The first-order valence-corrected chi connectivity index (χ1v) is 8.58. The van der Waals surface area contributed by atoms with Crippen LogP contribution >= 0.6 is 0 Å². The van der Waals surface area contributed by atoms with Gasteiger partial charge >= 0.3 is 5.97 Å². The summed E-state index contributed by atoms with van der Waals surface area (Å²) < 4.78 is 0. The maximum absolute atomic E-state index is 12.3. The predicted molar refractivity (Wildman–Crippen MR) is 94.7 cm³/mol. The molecule has 1 aliphatic heterocycles. The Bertz CT molecular complexity index is 756. The van der Waals surface area contributed by atoms with E-state index in [1.807, 2.05) is 31.2 Å². The van der Waals surface area contributed by atoms with Gasteiger partial charge in [0.25, 0.3) is 0 Å². The van der Waals surface area contributed by atoms with Gasteiger partial charge in [-0.25, -0.2) is 4.79 Å². The van der Waals surface area contributed by atoms with Crippen molar-refractivity contribution in [1.29, 1.82) is 0 Å². The molecule has 1 heterocycles. The molecule has 26 heavy (non-hydrogen) atoms. The van der Waals surface area contributed by atoms with E-state index in [1.165, 1.54) is 0 Å². The smallest absolute Gasteiger partial charge is 0.336 e. The minimum atomic E-state index is -0.645. The Morgan fingerprint density at radius 3 is 2.31 bits per heavy atom. The number of imide groups is 1. The van der Waals surface area contributed by atoms with Crippen molar-refractivity contribution in [1.82, 2.24) is 4.90 Å². The first-order valence-electron chi connectivity index (χ1n) is 8.58. The molecule has 0 spiro atoms. The number of amides is 2. The average Bonchev–Trinajstić information content (AvgIpc) is 2.89. The second-order valence-electron chi connectivity index (χ2n) is 6.54. The number of oxime groups is 1. The topological polar surface area (TPSA) is 102 Å². The first-order chi connectivity index (χ1) is 12.5. The normalized spacial score (nSPS) is 22.5. The molecular weight excluding hydrogens is 334 g/mol. The van der Waals surface area contributed by atoms with Gasteiger partial charge in [0.2, 0.25) is 11.8 Å². The first kappa shape index (κ1) is 17.8. The number of allylic oxidation sites excluding steroid dienone is 2. The third kappa shape index (κ3) is 3.66. The van der Waals surface area contributed by atoms with Crippen molar-refractivity contribution < 1.29 is 19.2 Å². The number of fused-ring (bicyclic) bond motifs is 1. The van der Waals surface area contributed by atoms with Crippen molar-refractivity contribution in [2.75, 3.05) is 6.54 Å². The van der Waals surface area contributed by atoms with Crippen molar-refractivity contribution >= 4 is 23.6 Å². The predicted octanol–water partition coefficient (Wildman–Crippen LogP) is 1.50. The van der Waals surface area contributed by atoms with Crippen LogP contribution in [-0.4, -0.2) is 35.1 Å². The Morgan fingerprint density at radius 2 is 1.73 bits per heavy atom. The number of carbonyl (C=O) groups excluding carboxylic acids is 3. The van der Waals surface area contributed by atoms with E-state index < -0.39 is 5.97 Å². The van der Waals surface area contributed by atoms with Gasteiger partial charge in [0.15, 0.2) is 5.84 Å². The summed E-state index contributed by atoms with van der Waals surface area (Å²) in [5.74, 6) is -1.56. The summed E-state index contributed by atoms with van der Waals surface area (Å²) in [6, 6.07) is 7.30. The number of rotatable bonds is 5. The van der Waals surface area contributed by atoms with E-state index in [1.54, 1.807) is 12.1 Å². The Morgan fingerprint density at radius 1 is 1.15 bits per heavy atom. The number of aryl methyl sites for hydroxylation is 1. The van der Waals surface area contributed by atoms with Crippen molar-refractivity contribution in [3.8, 4) is 0 Å². The lowest BCUT2D eigenvalue weighted by atomic mass is 9.85. The standard InChI is InChI=1S/C19H21N3O4/c1-12-6-8-13(9-7-12)17(20)21-26-16(23)10-11-22-18(24)14-4-2-3-5-15(14)19(22)25/h2-3,6-9,14-15H,4-5,10-11H2,1H3,(H2,20,21)/t14-,15-/m0/s1. The lowest BCUT2D eigenvalue weighted by Crippen LogP contribution is -2.33. The van der Waals surface area contributed by atoms with E-state index in [0.29, 0.717) is 18.4 Å². The highest BCUT2D eigenvalue weighted by atomic mass is 16.7. The molecule has 2 amide bonds. The summed E-state index contributed by atoms with van der Waals surface area (Å²) in [4.78, 5) is 42.5. The van der Waals surface area contributed by atoms with Crippen LogP contribution in [0.2, 0.25) is 0 Å². The summed E-state index contributed by atoms with van der Waals surface area (Å²) in [6.45, 7) is 1.95. The third-order valence-electron chi connectivity index (χ3n) is 4.73. The van der Waals surface area contributed by atoms with E-state index in [2.05, 4.69) is 5.16 Å². The van der Waals surface area contributed by atoms with E-state index in [4.69, 9.17) is 10.6 Å². The summed E-state index contributed by atoms with van der Waals surface area (Å²) in [5.41, 5.74) is 7.50. The molecule has 2 N–H and O–H groups in total. The average molecular weight is 355 g/mol. The zero-order chi connectivity index (χ0) is 18.7. The molecule has 0 unspecified atom stereocenters. The van der Waals surface area contributed by atoms with Gasteiger partial charge in [-0.2, -0.15) is 0 Å².